The molecule has 0 bridgehead atoms. The third-order valence-corrected chi connectivity index (χ3v) is 4.75. The highest BCUT2D eigenvalue weighted by atomic mass is 16.6. The zero-order valence-electron chi connectivity index (χ0n) is 13.2. The van der Waals surface area contributed by atoms with Crippen molar-refractivity contribution in [2.45, 2.75) is 44.1 Å². The quantitative estimate of drug-likeness (QED) is 0.640. The lowest BCUT2D eigenvalue weighted by atomic mass is 9.75. The van der Waals surface area contributed by atoms with Gasteiger partial charge in [-0.3, -0.25) is 14.6 Å². The van der Waals surface area contributed by atoms with Gasteiger partial charge in [0.2, 0.25) is 5.91 Å². The van der Waals surface area contributed by atoms with E-state index in [2.05, 4.69) is 15.6 Å². The molecule has 1 amide bonds. The third kappa shape index (κ3) is 3.63. The molecule has 0 aromatic carbocycles. The molecule has 1 aliphatic heterocycles. The molecule has 2 N–H and O–H groups in total. The first-order chi connectivity index (χ1) is 11.2. The number of esters is 1. The summed E-state index contributed by atoms with van der Waals surface area (Å²) in [6.07, 6.45) is 8.50. The van der Waals surface area contributed by atoms with Crippen LogP contribution in [0.3, 0.4) is 0 Å². The van der Waals surface area contributed by atoms with Crippen molar-refractivity contribution in [3.05, 3.63) is 24.5 Å². The average molecular weight is 317 g/mol. The van der Waals surface area contributed by atoms with Crippen LogP contribution in [0.1, 0.15) is 38.5 Å². The molecule has 124 valence electrons. The maximum atomic E-state index is 12.5. The van der Waals surface area contributed by atoms with Crippen LogP contribution < -0.4 is 10.6 Å². The van der Waals surface area contributed by atoms with Crippen LogP contribution in [0.2, 0.25) is 0 Å². The number of rotatable bonds is 5. The molecule has 6 heteroatoms. The predicted molar refractivity (Wildman–Crippen MR) is 85.8 cm³/mol. The lowest BCUT2D eigenvalue weighted by Gasteiger charge is -2.36. The van der Waals surface area contributed by atoms with E-state index in [-0.39, 0.29) is 24.2 Å². The van der Waals surface area contributed by atoms with Gasteiger partial charge in [-0.2, -0.15) is 0 Å². The summed E-state index contributed by atoms with van der Waals surface area (Å²) >= 11 is 0. The lowest BCUT2D eigenvalue weighted by Crippen LogP contribution is -2.46. The smallest absolute Gasteiger partial charge is 0.307 e. The van der Waals surface area contributed by atoms with Gasteiger partial charge >= 0.3 is 5.97 Å². The van der Waals surface area contributed by atoms with E-state index in [4.69, 9.17) is 4.74 Å². The SMILES string of the molecule is O=C1C[C@@H](C(=O)NCCNc2cccnc2)C2(CCCCC2)O1. The van der Waals surface area contributed by atoms with E-state index in [9.17, 15) is 9.59 Å². The van der Waals surface area contributed by atoms with Crippen LogP contribution in [0.15, 0.2) is 24.5 Å². The van der Waals surface area contributed by atoms with E-state index >= 15 is 0 Å². The van der Waals surface area contributed by atoms with Gasteiger partial charge in [0.1, 0.15) is 5.60 Å². The lowest BCUT2D eigenvalue weighted by molar-refractivity contribution is -0.153. The largest absolute Gasteiger partial charge is 0.458 e. The van der Waals surface area contributed by atoms with Crippen LogP contribution in [0, 0.1) is 5.92 Å². The van der Waals surface area contributed by atoms with Gasteiger partial charge in [-0.15, -0.1) is 0 Å². The molecule has 0 radical (unpaired) electrons. The van der Waals surface area contributed by atoms with Crippen LogP contribution in [-0.4, -0.2) is 35.6 Å². The Labute approximate surface area is 136 Å². The van der Waals surface area contributed by atoms with Gasteiger partial charge in [-0.1, -0.05) is 6.42 Å². The molecule has 1 aromatic heterocycles. The Bertz CT molecular complexity index is 555. The second-order valence-electron chi connectivity index (χ2n) is 6.32. The summed E-state index contributed by atoms with van der Waals surface area (Å²) in [5, 5.41) is 6.13. The van der Waals surface area contributed by atoms with Crippen LogP contribution in [0.5, 0.6) is 0 Å². The molecule has 1 saturated heterocycles. The number of ether oxygens (including phenoxy) is 1. The van der Waals surface area contributed by atoms with Gasteiger partial charge in [-0.05, 0) is 37.8 Å². The van der Waals surface area contributed by atoms with Crippen molar-refractivity contribution in [1.82, 2.24) is 10.3 Å². The summed E-state index contributed by atoms with van der Waals surface area (Å²) in [5.74, 6) is -0.639. The number of pyridine rings is 1. The molecule has 2 fully saturated rings. The van der Waals surface area contributed by atoms with E-state index < -0.39 is 5.60 Å². The highest BCUT2D eigenvalue weighted by Crippen LogP contribution is 2.44. The first-order valence-electron chi connectivity index (χ1n) is 8.33. The number of hydrogen-bond donors (Lipinski definition) is 2. The molecular weight excluding hydrogens is 294 g/mol. The van der Waals surface area contributed by atoms with Crippen LogP contribution in [0.25, 0.3) is 0 Å². The van der Waals surface area contributed by atoms with E-state index in [0.29, 0.717) is 13.1 Å². The fourth-order valence-electron chi connectivity index (χ4n) is 3.61. The number of hydrogen-bond acceptors (Lipinski definition) is 5. The Balaban J connectivity index is 1.50. The minimum atomic E-state index is -0.545. The molecule has 23 heavy (non-hydrogen) atoms. The van der Waals surface area contributed by atoms with Crippen molar-refractivity contribution in [3.63, 3.8) is 0 Å². The van der Waals surface area contributed by atoms with Gasteiger partial charge in [0.15, 0.2) is 0 Å². The molecule has 1 spiro atoms. The zero-order chi connectivity index (χ0) is 16.1. The van der Waals surface area contributed by atoms with E-state index in [1.165, 1.54) is 0 Å². The number of anilines is 1. The fourth-order valence-corrected chi connectivity index (χ4v) is 3.61. The van der Waals surface area contributed by atoms with Crippen molar-refractivity contribution in [3.8, 4) is 0 Å². The van der Waals surface area contributed by atoms with Crippen molar-refractivity contribution < 1.29 is 14.3 Å². The number of aromatic nitrogens is 1. The minimum Gasteiger partial charge on any atom is -0.458 e. The molecule has 3 rings (SSSR count). The average Bonchev–Trinajstić information content (AvgIpc) is 2.89. The number of carbonyl (C=O) groups excluding carboxylic acids is 2. The predicted octanol–water partition coefficient (Wildman–Crippen LogP) is 1.88. The van der Waals surface area contributed by atoms with Gasteiger partial charge in [0.05, 0.1) is 18.0 Å². The van der Waals surface area contributed by atoms with Crippen molar-refractivity contribution in [2.75, 3.05) is 18.4 Å². The van der Waals surface area contributed by atoms with Crippen LogP contribution in [0.4, 0.5) is 5.69 Å². The number of nitrogens with one attached hydrogen (secondary N) is 2. The Morgan fingerprint density at radius 1 is 1.30 bits per heavy atom. The Kier molecular flexibility index (Phi) is 4.79. The first kappa shape index (κ1) is 15.8. The van der Waals surface area contributed by atoms with Gasteiger partial charge in [0.25, 0.3) is 0 Å². The molecule has 1 atom stereocenters. The van der Waals surface area contributed by atoms with Gasteiger partial charge in [-0.25, -0.2) is 0 Å². The maximum absolute atomic E-state index is 12.5. The standard InChI is InChI=1S/C17H23N3O3/c21-15-11-14(17(23-15)6-2-1-3-7-17)16(22)20-10-9-19-13-5-4-8-18-12-13/h4-5,8,12,14,19H,1-3,6-7,9-11H2,(H,20,22)/t14-/m0/s1. The molecule has 6 nitrogen and oxygen atoms in total. The van der Waals surface area contributed by atoms with E-state index in [1.807, 2.05) is 12.1 Å². The normalized spacial score (nSPS) is 22.6. The molecule has 1 aliphatic carbocycles. The fraction of sp³-hybridized carbons (Fsp3) is 0.588. The minimum absolute atomic E-state index is 0.0641. The Hall–Kier alpha value is -2.11. The topological polar surface area (TPSA) is 80.3 Å². The summed E-state index contributed by atoms with van der Waals surface area (Å²) in [7, 11) is 0. The molecule has 2 heterocycles. The molecule has 2 aliphatic rings. The number of nitrogens with zero attached hydrogens (tertiary/aromatic N) is 1. The third-order valence-electron chi connectivity index (χ3n) is 4.75. The number of amides is 1. The highest BCUT2D eigenvalue weighted by molar-refractivity contribution is 5.87. The van der Waals surface area contributed by atoms with Gasteiger partial charge < -0.3 is 15.4 Å². The molecular formula is C17H23N3O3. The zero-order valence-corrected chi connectivity index (χ0v) is 13.2. The summed E-state index contributed by atoms with van der Waals surface area (Å²) in [5.41, 5.74) is 0.376. The molecule has 1 saturated carbocycles. The summed E-state index contributed by atoms with van der Waals surface area (Å²) < 4.78 is 5.58. The summed E-state index contributed by atoms with van der Waals surface area (Å²) in [6.45, 7) is 1.13. The maximum Gasteiger partial charge on any atom is 0.307 e. The van der Waals surface area contributed by atoms with E-state index in [1.54, 1.807) is 12.4 Å². The molecule has 1 aromatic rings. The first-order valence-corrected chi connectivity index (χ1v) is 8.33. The van der Waals surface area contributed by atoms with Crippen molar-refractivity contribution >= 4 is 17.6 Å². The molecule has 0 unspecified atom stereocenters. The van der Waals surface area contributed by atoms with Gasteiger partial charge in [0, 0.05) is 25.5 Å². The summed E-state index contributed by atoms with van der Waals surface area (Å²) in [6, 6.07) is 3.78. The number of carbonyl (C=O) groups is 2. The Morgan fingerprint density at radius 2 is 2.13 bits per heavy atom. The Morgan fingerprint density at radius 3 is 2.87 bits per heavy atom. The second kappa shape index (κ2) is 6.98. The van der Waals surface area contributed by atoms with Crippen molar-refractivity contribution in [2.24, 2.45) is 5.92 Å². The van der Waals surface area contributed by atoms with Crippen molar-refractivity contribution in [1.29, 1.82) is 0 Å². The van der Waals surface area contributed by atoms with E-state index in [0.717, 1.165) is 37.8 Å². The van der Waals surface area contributed by atoms with Crippen LogP contribution in [-0.2, 0) is 14.3 Å². The summed E-state index contributed by atoms with van der Waals surface area (Å²) in [4.78, 5) is 28.2. The second-order valence-corrected chi connectivity index (χ2v) is 6.32. The highest BCUT2D eigenvalue weighted by Gasteiger charge is 2.52. The van der Waals surface area contributed by atoms with Crippen LogP contribution >= 0.6 is 0 Å². The monoisotopic (exact) mass is 317 g/mol.